The van der Waals surface area contributed by atoms with Crippen LogP contribution in [0.4, 0.5) is 5.88 Å². The van der Waals surface area contributed by atoms with Crippen LogP contribution < -0.4 is 5.32 Å². The van der Waals surface area contributed by atoms with Gasteiger partial charge in [-0.2, -0.15) is 4.98 Å². The van der Waals surface area contributed by atoms with Gasteiger partial charge in [-0.3, -0.25) is 0 Å². The largest absolute Gasteiger partial charge is 0.419 e. The van der Waals surface area contributed by atoms with Gasteiger partial charge in [0.2, 0.25) is 26.6 Å². The van der Waals surface area contributed by atoms with Crippen LogP contribution in [0.1, 0.15) is 25.8 Å². The molecule has 0 saturated heterocycles. The lowest BCUT2D eigenvalue weighted by Crippen LogP contribution is -2.15. The fraction of sp³-hybridized carbons (Fsp3) is 0.250. The van der Waals surface area contributed by atoms with Crippen molar-refractivity contribution in [3.63, 3.8) is 0 Å². The van der Waals surface area contributed by atoms with Crippen molar-refractivity contribution in [2.75, 3.05) is 5.32 Å². The number of sulfone groups is 1. The molecule has 0 aliphatic rings. The minimum atomic E-state index is -3.87. The zero-order valence-corrected chi connectivity index (χ0v) is 16.9. The molecule has 2 aromatic carbocycles. The highest BCUT2D eigenvalue weighted by Crippen LogP contribution is 2.34. The summed E-state index contributed by atoms with van der Waals surface area (Å²) in [5, 5.41) is 3.47. The van der Waals surface area contributed by atoms with E-state index >= 15 is 0 Å². The lowest BCUT2D eigenvalue weighted by atomic mass is 10.1. The van der Waals surface area contributed by atoms with Gasteiger partial charge >= 0.3 is 0 Å². The van der Waals surface area contributed by atoms with Crippen LogP contribution in [0, 0.1) is 6.92 Å². The molecule has 7 heteroatoms. The highest BCUT2D eigenvalue weighted by molar-refractivity contribution is 7.91. The van der Waals surface area contributed by atoms with Crippen LogP contribution in [-0.4, -0.2) is 19.4 Å². The molecular weight excluding hydrogens is 384 g/mol. The van der Waals surface area contributed by atoms with Gasteiger partial charge < -0.3 is 9.73 Å². The minimum Gasteiger partial charge on any atom is -0.419 e. The predicted molar refractivity (Wildman–Crippen MR) is 107 cm³/mol. The van der Waals surface area contributed by atoms with Crippen molar-refractivity contribution in [1.82, 2.24) is 4.98 Å². The first-order valence-corrected chi connectivity index (χ1v) is 10.5. The van der Waals surface area contributed by atoms with Crippen LogP contribution in [-0.2, 0) is 9.84 Å². The fourth-order valence-corrected chi connectivity index (χ4v) is 3.95. The second-order valence-electron chi connectivity index (χ2n) is 6.38. The van der Waals surface area contributed by atoms with Gasteiger partial charge in [-0.25, -0.2) is 8.42 Å². The molecule has 1 heterocycles. The summed E-state index contributed by atoms with van der Waals surface area (Å²) in [7, 11) is -3.87. The van der Waals surface area contributed by atoms with E-state index in [-0.39, 0.29) is 27.7 Å². The molecule has 1 aromatic heterocycles. The Morgan fingerprint density at radius 3 is 2.44 bits per heavy atom. The third-order valence-electron chi connectivity index (χ3n) is 4.34. The lowest BCUT2D eigenvalue weighted by molar-refractivity contribution is 0.565. The second-order valence-corrected chi connectivity index (χ2v) is 8.68. The molecule has 1 unspecified atom stereocenters. The molecule has 0 radical (unpaired) electrons. The van der Waals surface area contributed by atoms with E-state index in [2.05, 4.69) is 10.3 Å². The third kappa shape index (κ3) is 4.01. The first-order valence-electron chi connectivity index (χ1n) is 8.67. The van der Waals surface area contributed by atoms with Crippen molar-refractivity contribution in [2.24, 2.45) is 0 Å². The number of halogens is 1. The molecule has 0 spiro atoms. The molecule has 0 amide bonds. The van der Waals surface area contributed by atoms with Gasteiger partial charge in [0.15, 0.2) is 0 Å². The van der Waals surface area contributed by atoms with E-state index in [9.17, 15) is 8.42 Å². The van der Waals surface area contributed by atoms with Gasteiger partial charge in [-0.15, -0.1) is 0 Å². The zero-order chi connectivity index (χ0) is 19.6. The number of aromatic nitrogens is 1. The summed E-state index contributed by atoms with van der Waals surface area (Å²) in [5.74, 6) is 0.420. The molecule has 27 heavy (non-hydrogen) atoms. The average molecular weight is 405 g/mol. The van der Waals surface area contributed by atoms with Crippen LogP contribution in [0.2, 0.25) is 5.02 Å². The van der Waals surface area contributed by atoms with Crippen molar-refractivity contribution in [3.8, 4) is 11.5 Å². The molecule has 0 aliphatic heterocycles. The summed E-state index contributed by atoms with van der Waals surface area (Å²) in [6.07, 6.45) is 0.806. The SMILES string of the molecule is CCC(C)Nc1oc(-c2ccccc2C)nc1S(=O)(=O)c1ccc(Cl)cc1. The van der Waals surface area contributed by atoms with Crippen LogP contribution in [0.5, 0.6) is 0 Å². The quantitative estimate of drug-likeness (QED) is 0.599. The Morgan fingerprint density at radius 2 is 1.81 bits per heavy atom. The lowest BCUT2D eigenvalue weighted by Gasteiger charge is -2.11. The van der Waals surface area contributed by atoms with Crippen molar-refractivity contribution in [2.45, 2.75) is 43.2 Å². The molecule has 5 nitrogen and oxygen atoms in total. The predicted octanol–water partition coefficient (Wildman–Crippen LogP) is 5.35. The molecule has 1 N–H and O–H groups in total. The number of hydrogen-bond acceptors (Lipinski definition) is 5. The topological polar surface area (TPSA) is 72.2 Å². The molecule has 0 aliphatic carbocycles. The van der Waals surface area contributed by atoms with E-state index in [1.807, 2.05) is 45.0 Å². The molecule has 0 bridgehead atoms. The van der Waals surface area contributed by atoms with Crippen molar-refractivity contribution < 1.29 is 12.8 Å². The van der Waals surface area contributed by atoms with E-state index < -0.39 is 9.84 Å². The number of aryl methyl sites for hydroxylation is 1. The van der Waals surface area contributed by atoms with E-state index in [1.165, 1.54) is 12.1 Å². The number of benzene rings is 2. The smallest absolute Gasteiger partial charge is 0.234 e. The zero-order valence-electron chi connectivity index (χ0n) is 15.4. The highest BCUT2D eigenvalue weighted by atomic mass is 35.5. The second kappa shape index (κ2) is 7.74. The first-order chi connectivity index (χ1) is 12.8. The molecule has 0 saturated carbocycles. The summed E-state index contributed by atoms with van der Waals surface area (Å²) in [4.78, 5) is 4.46. The van der Waals surface area contributed by atoms with Gasteiger partial charge in [-0.05, 0) is 56.2 Å². The first kappa shape index (κ1) is 19.5. The molecule has 3 rings (SSSR count). The van der Waals surface area contributed by atoms with E-state index in [0.29, 0.717) is 5.02 Å². The molecule has 142 valence electrons. The van der Waals surface area contributed by atoms with Gasteiger partial charge in [-0.1, -0.05) is 36.7 Å². The number of hydrogen-bond donors (Lipinski definition) is 1. The van der Waals surface area contributed by atoms with E-state index in [4.69, 9.17) is 16.0 Å². The van der Waals surface area contributed by atoms with Crippen LogP contribution in [0.15, 0.2) is 62.9 Å². The summed E-state index contributed by atoms with van der Waals surface area (Å²) < 4.78 is 32.2. The maximum absolute atomic E-state index is 13.2. The molecular formula is C20H21ClN2O3S. The van der Waals surface area contributed by atoms with Crippen molar-refractivity contribution in [1.29, 1.82) is 0 Å². The minimum absolute atomic E-state index is 0.0295. The van der Waals surface area contributed by atoms with Gasteiger partial charge in [0.25, 0.3) is 0 Å². The maximum atomic E-state index is 13.2. The van der Waals surface area contributed by atoms with Crippen LogP contribution in [0.25, 0.3) is 11.5 Å². The number of nitrogens with zero attached hydrogens (tertiary/aromatic N) is 1. The Balaban J connectivity index is 2.15. The van der Waals surface area contributed by atoms with Gasteiger partial charge in [0.05, 0.1) is 4.90 Å². The Bertz CT molecular complexity index is 1040. The number of anilines is 1. The van der Waals surface area contributed by atoms with Crippen molar-refractivity contribution >= 4 is 27.3 Å². The van der Waals surface area contributed by atoms with E-state index in [1.54, 1.807) is 12.1 Å². The Kier molecular flexibility index (Phi) is 5.58. The monoisotopic (exact) mass is 404 g/mol. The van der Waals surface area contributed by atoms with Crippen LogP contribution in [0.3, 0.4) is 0 Å². The third-order valence-corrected chi connectivity index (χ3v) is 6.27. The van der Waals surface area contributed by atoms with Crippen LogP contribution >= 0.6 is 11.6 Å². The summed E-state index contributed by atoms with van der Waals surface area (Å²) >= 11 is 5.89. The summed E-state index contributed by atoms with van der Waals surface area (Å²) in [5.41, 5.74) is 1.70. The van der Waals surface area contributed by atoms with Crippen molar-refractivity contribution in [3.05, 3.63) is 59.1 Å². The summed E-state index contributed by atoms with van der Waals surface area (Å²) in [6.45, 7) is 5.88. The number of oxazole rings is 1. The maximum Gasteiger partial charge on any atom is 0.234 e. The standard InChI is InChI=1S/C20H21ClN2O3S/c1-4-14(3)22-19-20(27(24,25)16-11-9-15(21)10-12-16)23-18(26-19)17-8-6-5-7-13(17)2/h5-12,14,22H,4H2,1-3H3. The number of nitrogens with one attached hydrogen (secondary N) is 1. The number of rotatable bonds is 6. The Labute approximate surface area is 164 Å². The average Bonchev–Trinajstić information content (AvgIpc) is 3.06. The van der Waals surface area contributed by atoms with Gasteiger partial charge in [0, 0.05) is 16.6 Å². The fourth-order valence-electron chi connectivity index (χ4n) is 2.56. The molecule has 1 atom stereocenters. The highest BCUT2D eigenvalue weighted by Gasteiger charge is 2.29. The Hall–Kier alpha value is -2.31. The van der Waals surface area contributed by atoms with E-state index in [0.717, 1.165) is 17.5 Å². The van der Waals surface area contributed by atoms with Gasteiger partial charge in [0.1, 0.15) is 0 Å². The molecule has 3 aromatic rings. The molecule has 0 fully saturated rings. The normalized spacial score (nSPS) is 12.7. The Morgan fingerprint density at radius 1 is 1.15 bits per heavy atom. The summed E-state index contributed by atoms with van der Waals surface area (Å²) in [6, 6.07) is 13.6.